The fourth-order valence-corrected chi connectivity index (χ4v) is 4.38. The molecule has 0 unspecified atom stereocenters. The minimum absolute atomic E-state index is 0.242. The molecule has 0 bridgehead atoms. The van der Waals surface area contributed by atoms with Crippen LogP contribution in [0.4, 0.5) is 4.79 Å². The number of imidazole rings is 1. The summed E-state index contributed by atoms with van der Waals surface area (Å²) >= 11 is 0. The molecule has 1 aliphatic carbocycles. The summed E-state index contributed by atoms with van der Waals surface area (Å²) in [5.74, 6) is 1.30. The van der Waals surface area contributed by atoms with Gasteiger partial charge in [0.05, 0.1) is 30.9 Å². The Morgan fingerprint density at radius 2 is 2.20 bits per heavy atom. The first-order chi connectivity index (χ1) is 14.7. The van der Waals surface area contributed by atoms with Gasteiger partial charge in [0.1, 0.15) is 17.0 Å². The highest BCUT2D eigenvalue weighted by atomic mass is 16.5. The number of aromatic amines is 1. The highest BCUT2D eigenvalue weighted by Gasteiger charge is 2.27. The van der Waals surface area contributed by atoms with Gasteiger partial charge in [-0.3, -0.25) is 0 Å². The Hall–Kier alpha value is -3.12. The van der Waals surface area contributed by atoms with Crippen molar-refractivity contribution in [2.24, 2.45) is 5.92 Å². The molecule has 3 aromatic rings. The van der Waals surface area contributed by atoms with Crippen molar-refractivity contribution < 1.29 is 9.53 Å². The largest absolute Gasteiger partial charge is 0.383 e. The minimum atomic E-state index is -0.242. The second kappa shape index (κ2) is 9.13. The molecule has 1 saturated carbocycles. The summed E-state index contributed by atoms with van der Waals surface area (Å²) in [4.78, 5) is 24.6. The van der Waals surface area contributed by atoms with Crippen LogP contribution >= 0.6 is 0 Å². The van der Waals surface area contributed by atoms with Crippen LogP contribution in [0.15, 0.2) is 18.5 Å². The first kappa shape index (κ1) is 20.2. The van der Waals surface area contributed by atoms with Crippen LogP contribution in [-0.2, 0) is 11.3 Å². The van der Waals surface area contributed by atoms with Crippen LogP contribution in [0.25, 0.3) is 22.1 Å². The average molecular weight is 409 g/mol. The molecule has 2 amide bonds. The minimum Gasteiger partial charge on any atom is -0.383 e. The molecule has 0 atom stereocenters. The fraction of sp³-hybridized carbons (Fsp3) is 0.524. The molecule has 0 aromatic carbocycles. The summed E-state index contributed by atoms with van der Waals surface area (Å²) in [5, 5.41) is 15.7. The summed E-state index contributed by atoms with van der Waals surface area (Å²) in [6.07, 6.45) is 8.36. The number of ether oxygens (including phenoxy) is 1. The van der Waals surface area contributed by atoms with Crippen molar-refractivity contribution in [2.45, 2.75) is 44.7 Å². The lowest BCUT2D eigenvalue weighted by Crippen LogP contribution is -2.37. The monoisotopic (exact) mass is 409 g/mol. The number of nitrogens with one attached hydrogen (secondary N) is 3. The standard InChI is InChI=1S/C21H27N7O2/c1-30-11-10-24-21(29)26-13-18-27-17-12-25-20-16(7-9-23-20)19(17)28(18)15-4-2-14(3-5-15)6-8-22/h7,9,12,14-15H,2-6,10-11,13H2,1H3,(H,23,25)(H2,24,26,29). The fourth-order valence-electron chi connectivity index (χ4n) is 4.38. The van der Waals surface area contributed by atoms with Gasteiger partial charge in [-0.1, -0.05) is 0 Å². The summed E-state index contributed by atoms with van der Waals surface area (Å²) in [6.45, 7) is 1.25. The van der Waals surface area contributed by atoms with Gasteiger partial charge in [-0.15, -0.1) is 0 Å². The van der Waals surface area contributed by atoms with E-state index in [2.05, 4.69) is 31.2 Å². The number of hydrogen-bond acceptors (Lipinski definition) is 5. The van der Waals surface area contributed by atoms with Crippen molar-refractivity contribution in [3.05, 3.63) is 24.3 Å². The van der Waals surface area contributed by atoms with Gasteiger partial charge in [0.15, 0.2) is 0 Å². The molecule has 3 N–H and O–H groups in total. The Labute approximate surface area is 174 Å². The van der Waals surface area contributed by atoms with E-state index in [1.54, 1.807) is 13.3 Å². The van der Waals surface area contributed by atoms with Crippen LogP contribution < -0.4 is 10.6 Å². The van der Waals surface area contributed by atoms with E-state index in [1.807, 2.05) is 12.3 Å². The molecular formula is C21H27N7O2. The van der Waals surface area contributed by atoms with Crippen LogP contribution in [0.1, 0.15) is 44.0 Å². The van der Waals surface area contributed by atoms with E-state index in [4.69, 9.17) is 15.0 Å². The molecular weight excluding hydrogens is 382 g/mol. The number of pyridine rings is 1. The SMILES string of the molecule is COCCNC(=O)NCc1nc2cnc3[nH]ccc3c2n1C1CCC(CC#N)CC1. The smallest absolute Gasteiger partial charge is 0.315 e. The normalized spacial score (nSPS) is 19.1. The zero-order valence-electron chi connectivity index (χ0n) is 17.1. The molecule has 0 radical (unpaired) electrons. The van der Waals surface area contributed by atoms with E-state index in [0.717, 1.165) is 53.6 Å². The second-order valence-corrected chi connectivity index (χ2v) is 7.77. The lowest BCUT2D eigenvalue weighted by molar-refractivity contribution is 0.195. The number of amides is 2. The number of nitriles is 1. The third kappa shape index (κ3) is 4.09. The number of aromatic nitrogens is 4. The van der Waals surface area contributed by atoms with Gasteiger partial charge in [0.2, 0.25) is 0 Å². The highest BCUT2D eigenvalue weighted by Crippen LogP contribution is 2.37. The number of rotatable bonds is 7. The number of carbonyl (C=O) groups excluding carboxylic acids is 1. The predicted octanol–water partition coefficient (Wildman–Crippen LogP) is 3.00. The molecule has 0 spiro atoms. The van der Waals surface area contributed by atoms with Gasteiger partial charge in [0, 0.05) is 37.7 Å². The molecule has 158 valence electrons. The number of hydrogen-bond donors (Lipinski definition) is 3. The number of carbonyl (C=O) groups is 1. The second-order valence-electron chi connectivity index (χ2n) is 7.77. The molecule has 4 rings (SSSR count). The number of fused-ring (bicyclic) bond motifs is 3. The van der Waals surface area contributed by atoms with E-state index in [-0.39, 0.29) is 6.03 Å². The topological polar surface area (TPSA) is 121 Å². The maximum atomic E-state index is 12.1. The molecule has 1 fully saturated rings. The zero-order valence-corrected chi connectivity index (χ0v) is 17.1. The van der Waals surface area contributed by atoms with Crippen molar-refractivity contribution in [3.8, 4) is 6.07 Å². The number of methoxy groups -OCH3 is 1. The molecule has 9 nitrogen and oxygen atoms in total. The van der Waals surface area contributed by atoms with Gasteiger partial charge in [-0.05, 0) is 37.7 Å². The van der Waals surface area contributed by atoms with Gasteiger partial charge in [-0.2, -0.15) is 5.26 Å². The lowest BCUT2D eigenvalue weighted by Gasteiger charge is -2.30. The summed E-state index contributed by atoms with van der Waals surface area (Å²) < 4.78 is 7.25. The molecule has 3 heterocycles. The van der Waals surface area contributed by atoms with Crippen LogP contribution in [0.3, 0.4) is 0 Å². The van der Waals surface area contributed by atoms with Crippen LogP contribution in [0.5, 0.6) is 0 Å². The van der Waals surface area contributed by atoms with E-state index >= 15 is 0 Å². The average Bonchev–Trinajstić information content (AvgIpc) is 3.37. The Bertz CT molecular complexity index is 1060. The molecule has 1 aliphatic rings. The Morgan fingerprint density at radius 3 is 2.97 bits per heavy atom. The molecule has 9 heteroatoms. The van der Waals surface area contributed by atoms with Crippen LogP contribution in [0.2, 0.25) is 0 Å². The van der Waals surface area contributed by atoms with Crippen molar-refractivity contribution in [1.29, 1.82) is 5.26 Å². The number of urea groups is 1. The Balaban J connectivity index is 1.62. The maximum Gasteiger partial charge on any atom is 0.315 e. The summed E-state index contributed by atoms with van der Waals surface area (Å²) in [7, 11) is 1.60. The van der Waals surface area contributed by atoms with Gasteiger partial charge < -0.3 is 24.9 Å². The Morgan fingerprint density at radius 1 is 1.37 bits per heavy atom. The van der Waals surface area contributed by atoms with E-state index in [1.165, 1.54) is 0 Å². The quantitative estimate of drug-likeness (QED) is 0.518. The van der Waals surface area contributed by atoms with E-state index in [0.29, 0.717) is 38.1 Å². The van der Waals surface area contributed by atoms with Gasteiger partial charge in [0.25, 0.3) is 0 Å². The highest BCUT2D eigenvalue weighted by molar-refractivity contribution is 6.01. The first-order valence-electron chi connectivity index (χ1n) is 10.4. The third-order valence-electron chi connectivity index (χ3n) is 5.87. The summed E-state index contributed by atoms with van der Waals surface area (Å²) in [5.41, 5.74) is 2.72. The van der Waals surface area contributed by atoms with E-state index in [9.17, 15) is 4.79 Å². The van der Waals surface area contributed by atoms with Crippen molar-refractivity contribution in [2.75, 3.05) is 20.3 Å². The number of H-pyrrole nitrogens is 1. The molecule has 0 saturated heterocycles. The van der Waals surface area contributed by atoms with Gasteiger partial charge >= 0.3 is 6.03 Å². The molecule has 0 aliphatic heterocycles. The molecule has 30 heavy (non-hydrogen) atoms. The first-order valence-corrected chi connectivity index (χ1v) is 10.4. The summed E-state index contributed by atoms with van der Waals surface area (Å²) in [6, 6.07) is 4.38. The van der Waals surface area contributed by atoms with E-state index < -0.39 is 0 Å². The molecule has 3 aromatic heterocycles. The van der Waals surface area contributed by atoms with Gasteiger partial charge in [-0.25, -0.2) is 14.8 Å². The van der Waals surface area contributed by atoms with Crippen molar-refractivity contribution in [1.82, 2.24) is 30.2 Å². The Kier molecular flexibility index (Phi) is 6.14. The number of nitrogens with zero attached hydrogens (tertiary/aromatic N) is 4. The lowest BCUT2D eigenvalue weighted by atomic mass is 9.84. The van der Waals surface area contributed by atoms with Crippen LogP contribution in [0, 0.1) is 17.2 Å². The van der Waals surface area contributed by atoms with Crippen LogP contribution in [-0.4, -0.2) is 45.8 Å². The zero-order chi connectivity index (χ0) is 20.9. The predicted molar refractivity (Wildman–Crippen MR) is 113 cm³/mol. The maximum absolute atomic E-state index is 12.1. The van der Waals surface area contributed by atoms with Crippen molar-refractivity contribution in [3.63, 3.8) is 0 Å². The van der Waals surface area contributed by atoms with Crippen molar-refractivity contribution >= 4 is 28.1 Å². The third-order valence-corrected chi connectivity index (χ3v) is 5.87.